The van der Waals surface area contributed by atoms with Crippen LogP contribution in [0.5, 0.6) is 0 Å². The van der Waals surface area contributed by atoms with Crippen LogP contribution in [-0.2, 0) is 10.0 Å². The van der Waals surface area contributed by atoms with Crippen LogP contribution in [0.1, 0.15) is 12.0 Å². The summed E-state index contributed by atoms with van der Waals surface area (Å²) in [7, 11) is -3.47. The summed E-state index contributed by atoms with van der Waals surface area (Å²) in [5, 5.41) is 3.48. The number of rotatable bonds is 2. The van der Waals surface area contributed by atoms with E-state index in [9.17, 15) is 8.42 Å². The average Bonchev–Trinajstić information content (AvgIpc) is 2.57. The van der Waals surface area contributed by atoms with Gasteiger partial charge < -0.3 is 5.32 Å². The minimum Gasteiger partial charge on any atom is -0.315 e. The molecule has 1 aliphatic heterocycles. The van der Waals surface area contributed by atoms with Gasteiger partial charge in [0.05, 0.1) is 5.02 Å². The standard InChI is InChI=1S/C12H17ClN2O2S.ClH/c1-10-3-4-12(11(13)9-10)18(16,17)15-7-2-5-14-6-8-15;/h3-4,9,14H,2,5-8H2,1H3;1H. The van der Waals surface area contributed by atoms with Gasteiger partial charge >= 0.3 is 0 Å². The van der Waals surface area contributed by atoms with E-state index in [4.69, 9.17) is 11.6 Å². The molecule has 1 N–H and O–H groups in total. The first-order chi connectivity index (χ1) is 8.51. The van der Waals surface area contributed by atoms with Gasteiger partial charge in [0.15, 0.2) is 0 Å². The number of halogens is 2. The third-order valence-electron chi connectivity index (χ3n) is 3.00. The van der Waals surface area contributed by atoms with E-state index in [-0.39, 0.29) is 17.3 Å². The Morgan fingerprint density at radius 1 is 1.26 bits per heavy atom. The molecule has 0 unspecified atom stereocenters. The highest BCUT2D eigenvalue weighted by Gasteiger charge is 2.26. The van der Waals surface area contributed by atoms with E-state index in [2.05, 4.69) is 5.32 Å². The van der Waals surface area contributed by atoms with Gasteiger partial charge in [-0.05, 0) is 37.6 Å². The molecule has 1 heterocycles. The van der Waals surface area contributed by atoms with Crippen molar-refractivity contribution in [3.8, 4) is 0 Å². The first-order valence-corrected chi connectivity index (χ1v) is 7.80. The first kappa shape index (κ1) is 16.7. The van der Waals surface area contributed by atoms with Crippen molar-refractivity contribution in [3.05, 3.63) is 28.8 Å². The third-order valence-corrected chi connectivity index (χ3v) is 5.39. The molecule has 0 spiro atoms. The molecule has 0 aromatic heterocycles. The Morgan fingerprint density at radius 3 is 2.68 bits per heavy atom. The van der Waals surface area contributed by atoms with Crippen LogP contribution >= 0.6 is 24.0 Å². The molecule has 1 aliphatic rings. The summed E-state index contributed by atoms with van der Waals surface area (Å²) in [6.07, 6.45) is 0.822. The van der Waals surface area contributed by atoms with Crippen LogP contribution in [0.25, 0.3) is 0 Å². The lowest BCUT2D eigenvalue weighted by molar-refractivity contribution is 0.432. The largest absolute Gasteiger partial charge is 0.315 e. The highest BCUT2D eigenvalue weighted by molar-refractivity contribution is 7.89. The van der Waals surface area contributed by atoms with E-state index in [1.54, 1.807) is 18.2 Å². The number of hydrogen-bond donors (Lipinski definition) is 1. The van der Waals surface area contributed by atoms with Gasteiger partial charge in [-0.25, -0.2) is 8.42 Å². The monoisotopic (exact) mass is 324 g/mol. The molecule has 108 valence electrons. The van der Waals surface area contributed by atoms with E-state index in [0.29, 0.717) is 24.7 Å². The highest BCUT2D eigenvalue weighted by atomic mass is 35.5. The summed E-state index contributed by atoms with van der Waals surface area (Å²) in [6.45, 7) is 4.46. The number of nitrogens with zero attached hydrogens (tertiary/aromatic N) is 1. The van der Waals surface area contributed by atoms with Crippen LogP contribution in [-0.4, -0.2) is 38.9 Å². The Hall–Kier alpha value is -0.330. The normalized spacial score (nSPS) is 17.6. The Morgan fingerprint density at radius 2 is 2.00 bits per heavy atom. The topological polar surface area (TPSA) is 49.4 Å². The maximum atomic E-state index is 12.5. The molecule has 19 heavy (non-hydrogen) atoms. The van der Waals surface area contributed by atoms with Crippen molar-refractivity contribution in [1.82, 2.24) is 9.62 Å². The molecule has 1 aromatic rings. The van der Waals surface area contributed by atoms with Gasteiger partial charge in [0.25, 0.3) is 0 Å². The predicted octanol–water partition coefficient (Wildman–Crippen LogP) is 2.05. The lowest BCUT2D eigenvalue weighted by Gasteiger charge is -2.20. The molecule has 0 saturated carbocycles. The molecule has 0 aliphatic carbocycles. The molecule has 0 amide bonds. The third kappa shape index (κ3) is 3.83. The Bertz CT molecular complexity index is 527. The van der Waals surface area contributed by atoms with Gasteiger partial charge in [-0.1, -0.05) is 17.7 Å². The smallest absolute Gasteiger partial charge is 0.244 e. The quantitative estimate of drug-likeness (QED) is 0.905. The van der Waals surface area contributed by atoms with Crippen molar-refractivity contribution in [1.29, 1.82) is 0 Å². The van der Waals surface area contributed by atoms with Crippen molar-refractivity contribution >= 4 is 34.0 Å². The van der Waals surface area contributed by atoms with Crippen LogP contribution in [0.3, 0.4) is 0 Å². The second-order valence-corrected chi connectivity index (χ2v) is 6.76. The lowest BCUT2D eigenvalue weighted by Crippen LogP contribution is -2.34. The van der Waals surface area contributed by atoms with Gasteiger partial charge in [0.1, 0.15) is 4.90 Å². The van der Waals surface area contributed by atoms with Crippen molar-refractivity contribution in [3.63, 3.8) is 0 Å². The Labute approximate surface area is 125 Å². The summed E-state index contributed by atoms with van der Waals surface area (Å²) in [6, 6.07) is 5.05. The molecular formula is C12H18Cl2N2O2S. The molecule has 2 rings (SSSR count). The summed E-state index contributed by atoms with van der Waals surface area (Å²) < 4.78 is 26.5. The van der Waals surface area contributed by atoms with E-state index < -0.39 is 10.0 Å². The zero-order chi connectivity index (χ0) is 13.2. The average molecular weight is 325 g/mol. The number of aryl methyl sites for hydroxylation is 1. The molecule has 4 nitrogen and oxygen atoms in total. The number of hydrogen-bond acceptors (Lipinski definition) is 3. The van der Waals surface area contributed by atoms with Gasteiger partial charge in [-0.3, -0.25) is 0 Å². The minimum atomic E-state index is -3.47. The van der Waals surface area contributed by atoms with Crippen molar-refractivity contribution in [2.45, 2.75) is 18.2 Å². The first-order valence-electron chi connectivity index (χ1n) is 5.99. The van der Waals surface area contributed by atoms with Crippen LogP contribution in [0, 0.1) is 6.92 Å². The van der Waals surface area contributed by atoms with Crippen molar-refractivity contribution in [2.24, 2.45) is 0 Å². The summed E-state index contributed by atoms with van der Waals surface area (Å²) in [5.41, 5.74) is 0.955. The van der Waals surface area contributed by atoms with Gasteiger partial charge in [-0.2, -0.15) is 4.31 Å². The Kier molecular flexibility index (Phi) is 6.08. The van der Waals surface area contributed by atoms with Crippen LogP contribution < -0.4 is 5.32 Å². The zero-order valence-corrected chi connectivity index (χ0v) is 13.1. The Balaban J connectivity index is 0.00000180. The fourth-order valence-corrected chi connectivity index (χ4v) is 4.07. The maximum absolute atomic E-state index is 12.5. The summed E-state index contributed by atoms with van der Waals surface area (Å²) in [4.78, 5) is 0.205. The van der Waals surface area contributed by atoms with Crippen molar-refractivity contribution in [2.75, 3.05) is 26.2 Å². The zero-order valence-electron chi connectivity index (χ0n) is 10.7. The second kappa shape index (κ2) is 6.90. The van der Waals surface area contributed by atoms with Crippen LogP contribution in [0.4, 0.5) is 0 Å². The molecule has 0 radical (unpaired) electrons. The molecule has 1 aromatic carbocycles. The molecular weight excluding hydrogens is 307 g/mol. The SMILES string of the molecule is Cc1ccc(S(=O)(=O)N2CCCNCC2)c(Cl)c1.Cl. The molecule has 1 fully saturated rings. The highest BCUT2D eigenvalue weighted by Crippen LogP contribution is 2.25. The van der Waals surface area contributed by atoms with E-state index >= 15 is 0 Å². The summed E-state index contributed by atoms with van der Waals surface area (Å²) >= 11 is 6.05. The van der Waals surface area contributed by atoms with Gasteiger partial charge in [0, 0.05) is 19.6 Å². The number of benzene rings is 1. The van der Waals surface area contributed by atoms with Gasteiger partial charge in [0.2, 0.25) is 10.0 Å². The predicted molar refractivity (Wildman–Crippen MR) is 79.7 cm³/mol. The van der Waals surface area contributed by atoms with E-state index in [1.165, 1.54) is 4.31 Å². The van der Waals surface area contributed by atoms with Crippen molar-refractivity contribution < 1.29 is 8.42 Å². The van der Waals surface area contributed by atoms with E-state index in [0.717, 1.165) is 18.5 Å². The van der Waals surface area contributed by atoms with Gasteiger partial charge in [-0.15, -0.1) is 12.4 Å². The molecule has 7 heteroatoms. The number of nitrogens with one attached hydrogen (secondary N) is 1. The second-order valence-electron chi connectivity index (χ2n) is 4.44. The van der Waals surface area contributed by atoms with E-state index in [1.807, 2.05) is 6.92 Å². The van der Waals surface area contributed by atoms with Crippen LogP contribution in [0.2, 0.25) is 5.02 Å². The fourth-order valence-electron chi connectivity index (χ4n) is 2.02. The minimum absolute atomic E-state index is 0. The maximum Gasteiger partial charge on any atom is 0.244 e. The van der Waals surface area contributed by atoms with Crippen LogP contribution in [0.15, 0.2) is 23.1 Å². The number of sulfonamides is 1. The molecule has 1 saturated heterocycles. The fraction of sp³-hybridized carbons (Fsp3) is 0.500. The summed E-state index contributed by atoms with van der Waals surface area (Å²) in [5.74, 6) is 0. The lowest BCUT2D eigenvalue weighted by atomic mass is 10.2. The molecule has 0 atom stereocenters. The molecule has 0 bridgehead atoms.